The summed E-state index contributed by atoms with van der Waals surface area (Å²) in [7, 11) is 0. The first-order valence-corrected chi connectivity index (χ1v) is 8.36. The lowest BCUT2D eigenvalue weighted by molar-refractivity contribution is 1.37. The zero-order valence-electron chi connectivity index (χ0n) is 14.1. The zero-order chi connectivity index (χ0) is 17.9. The van der Waals surface area contributed by atoms with Gasteiger partial charge >= 0.3 is 0 Å². The third kappa shape index (κ3) is 3.00. The molecule has 4 aromatic rings. The van der Waals surface area contributed by atoms with Crippen LogP contribution in [0.1, 0.15) is 5.56 Å². The number of hydrogen-bond acceptors (Lipinski definition) is 3. The molecule has 1 aromatic heterocycles. The lowest BCUT2D eigenvalue weighted by Crippen LogP contribution is -2.14. The Kier molecular flexibility index (Phi) is 4.07. The number of nitrogens with two attached hydrogens (primary N) is 2. The highest BCUT2D eigenvalue weighted by molar-refractivity contribution is 6.05. The van der Waals surface area contributed by atoms with E-state index in [-0.39, 0.29) is 0 Å². The van der Waals surface area contributed by atoms with Crippen LogP contribution in [0.2, 0.25) is 0 Å². The molecule has 26 heavy (non-hydrogen) atoms. The van der Waals surface area contributed by atoms with Crippen LogP contribution in [-0.4, -0.2) is 10.8 Å². The van der Waals surface area contributed by atoms with Gasteiger partial charge in [-0.25, -0.2) is 9.98 Å². The van der Waals surface area contributed by atoms with Gasteiger partial charge in [0.2, 0.25) is 0 Å². The first-order valence-electron chi connectivity index (χ1n) is 8.36. The Morgan fingerprint density at radius 2 is 1.50 bits per heavy atom. The van der Waals surface area contributed by atoms with Crippen molar-refractivity contribution in [2.45, 2.75) is 0 Å². The summed E-state index contributed by atoms with van der Waals surface area (Å²) in [6, 6.07) is 27.4. The number of rotatable bonds is 3. The van der Waals surface area contributed by atoms with Crippen LogP contribution in [0.4, 0.5) is 11.4 Å². The standard InChI is InChI=1S/C22H18N4/c23-18-12-6-4-10-16(18)22(24)26-21-14-20(15-8-2-1-3-9-15)25-19-13-7-5-11-17(19)21/h1-14H,23H2,(H2,24,25,26). The van der Waals surface area contributed by atoms with E-state index in [1.54, 1.807) is 0 Å². The predicted octanol–water partition coefficient (Wildman–Crippen LogP) is 4.52. The quantitative estimate of drug-likeness (QED) is 0.327. The Morgan fingerprint density at radius 1 is 0.808 bits per heavy atom. The highest BCUT2D eigenvalue weighted by atomic mass is 14.9. The second-order valence-electron chi connectivity index (χ2n) is 5.99. The molecule has 4 heteroatoms. The number of fused-ring (bicyclic) bond motifs is 1. The largest absolute Gasteiger partial charge is 0.398 e. The molecule has 4 N–H and O–H groups in total. The molecule has 0 aliphatic heterocycles. The Morgan fingerprint density at radius 3 is 2.31 bits per heavy atom. The maximum absolute atomic E-state index is 6.26. The van der Waals surface area contributed by atoms with E-state index < -0.39 is 0 Å². The van der Waals surface area contributed by atoms with Crippen LogP contribution in [0, 0.1) is 0 Å². The van der Waals surface area contributed by atoms with Gasteiger partial charge in [0.15, 0.2) is 0 Å². The number of nitrogen functional groups attached to an aromatic ring is 1. The van der Waals surface area contributed by atoms with E-state index in [0.717, 1.165) is 33.4 Å². The van der Waals surface area contributed by atoms with Gasteiger partial charge in [-0.2, -0.15) is 0 Å². The van der Waals surface area contributed by atoms with Gasteiger partial charge in [-0.15, -0.1) is 0 Å². The predicted molar refractivity (Wildman–Crippen MR) is 108 cm³/mol. The normalized spacial score (nSPS) is 11.6. The van der Waals surface area contributed by atoms with E-state index in [1.165, 1.54) is 0 Å². The van der Waals surface area contributed by atoms with Crippen molar-refractivity contribution < 1.29 is 0 Å². The summed E-state index contributed by atoms with van der Waals surface area (Å²) < 4.78 is 0. The monoisotopic (exact) mass is 338 g/mol. The number of anilines is 1. The van der Waals surface area contributed by atoms with E-state index in [0.29, 0.717) is 11.5 Å². The lowest BCUT2D eigenvalue weighted by atomic mass is 10.1. The van der Waals surface area contributed by atoms with Crippen LogP contribution in [0.5, 0.6) is 0 Å². The zero-order valence-corrected chi connectivity index (χ0v) is 14.1. The number of para-hydroxylation sites is 2. The maximum Gasteiger partial charge on any atom is 0.133 e. The minimum atomic E-state index is 0.387. The second kappa shape index (κ2) is 6.69. The molecule has 0 atom stereocenters. The van der Waals surface area contributed by atoms with Crippen molar-refractivity contribution in [3.05, 3.63) is 90.5 Å². The van der Waals surface area contributed by atoms with E-state index in [1.807, 2.05) is 84.9 Å². The van der Waals surface area contributed by atoms with Gasteiger partial charge in [-0.1, -0.05) is 60.7 Å². The highest BCUT2D eigenvalue weighted by Gasteiger charge is 2.09. The third-order valence-corrected chi connectivity index (χ3v) is 4.24. The van der Waals surface area contributed by atoms with Crippen molar-refractivity contribution in [2.24, 2.45) is 10.7 Å². The molecular formula is C22H18N4. The van der Waals surface area contributed by atoms with Gasteiger partial charge in [0, 0.05) is 22.2 Å². The fourth-order valence-electron chi connectivity index (χ4n) is 2.93. The van der Waals surface area contributed by atoms with Crippen LogP contribution in [0.25, 0.3) is 22.2 Å². The van der Waals surface area contributed by atoms with Gasteiger partial charge in [-0.3, -0.25) is 0 Å². The lowest BCUT2D eigenvalue weighted by Gasteiger charge is -2.09. The van der Waals surface area contributed by atoms with Crippen LogP contribution >= 0.6 is 0 Å². The second-order valence-corrected chi connectivity index (χ2v) is 5.99. The third-order valence-electron chi connectivity index (χ3n) is 4.24. The average Bonchev–Trinajstić information content (AvgIpc) is 2.69. The van der Waals surface area contributed by atoms with Crippen molar-refractivity contribution in [3.8, 4) is 11.3 Å². The Bertz CT molecular complexity index is 1100. The van der Waals surface area contributed by atoms with E-state index >= 15 is 0 Å². The number of amidine groups is 1. The molecule has 126 valence electrons. The molecule has 0 saturated heterocycles. The van der Waals surface area contributed by atoms with Crippen molar-refractivity contribution in [3.63, 3.8) is 0 Å². The van der Waals surface area contributed by atoms with Gasteiger partial charge in [0.05, 0.1) is 16.9 Å². The molecule has 0 amide bonds. The summed E-state index contributed by atoms with van der Waals surface area (Å²) in [4.78, 5) is 9.45. The molecule has 0 unspecified atom stereocenters. The Balaban J connectivity index is 1.91. The van der Waals surface area contributed by atoms with E-state index in [4.69, 9.17) is 16.5 Å². The molecule has 0 saturated carbocycles. The molecule has 0 bridgehead atoms. The maximum atomic E-state index is 6.26. The Labute approximate surface area is 151 Å². The molecule has 4 rings (SSSR count). The summed E-state index contributed by atoms with van der Waals surface area (Å²) in [6.07, 6.45) is 0. The number of aliphatic imine (C=N–C) groups is 1. The summed E-state index contributed by atoms with van der Waals surface area (Å²) in [5, 5.41) is 0.949. The minimum Gasteiger partial charge on any atom is -0.398 e. The SMILES string of the molecule is NC(=Nc1cc(-c2ccccc2)nc2ccccc12)c1ccccc1N. The van der Waals surface area contributed by atoms with Gasteiger partial charge in [0.1, 0.15) is 5.84 Å². The van der Waals surface area contributed by atoms with Crippen LogP contribution in [0.15, 0.2) is 89.9 Å². The fraction of sp³-hybridized carbons (Fsp3) is 0. The number of hydrogen-bond donors (Lipinski definition) is 2. The van der Waals surface area contributed by atoms with Crippen LogP contribution < -0.4 is 11.5 Å². The number of nitrogens with zero attached hydrogens (tertiary/aromatic N) is 2. The van der Waals surface area contributed by atoms with E-state index in [9.17, 15) is 0 Å². The molecule has 4 nitrogen and oxygen atoms in total. The summed E-state index contributed by atoms with van der Waals surface area (Å²) in [5.74, 6) is 0.387. The number of benzene rings is 3. The molecule has 0 fully saturated rings. The molecule has 0 aliphatic carbocycles. The molecule has 3 aromatic carbocycles. The molecule has 1 heterocycles. The van der Waals surface area contributed by atoms with Crippen LogP contribution in [-0.2, 0) is 0 Å². The van der Waals surface area contributed by atoms with Crippen molar-refractivity contribution >= 4 is 28.1 Å². The summed E-state index contributed by atoms with van der Waals surface area (Å²) >= 11 is 0. The van der Waals surface area contributed by atoms with Crippen molar-refractivity contribution in [1.82, 2.24) is 4.98 Å². The fourth-order valence-corrected chi connectivity index (χ4v) is 2.93. The van der Waals surface area contributed by atoms with E-state index in [2.05, 4.69) is 4.99 Å². The van der Waals surface area contributed by atoms with Gasteiger partial charge in [0.25, 0.3) is 0 Å². The number of aromatic nitrogens is 1. The topological polar surface area (TPSA) is 77.3 Å². The Hall–Kier alpha value is -3.66. The molecular weight excluding hydrogens is 320 g/mol. The van der Waals surface area contributed by atoms with Crippen LogP contribution in [0.3, 0.4) is 0 Å². The smallest absolute Gasteiger partial charge is 0.133 e. The molecule has 0 radical (unpaired) electrons. The van der Waals surface area contributed by atoms with Crippen molar-refractivity contribution in [2.75, 3.05) is 5.73 Å². The van der Waals surface area contributed by atoms with Gasteiger partial charge < -0.3 is 11.5 Å². The minimum absolute atomic E-state index is 0.387. The first-order chi connectivity index (χ1) is 12.7. The van der Waals surface area contributed by atoms with Gasteiger partial charge in [-0.05, 0) is 24.3 Å². The molecule has 0 aliphatic rings. The average molecular weight is 338 g/mol. The number of pyridine rings is 1. The molecule has 0 spiro atoms. The summed E-state index contributed by atoms with van der Waals surface area (Å²) in [6.45, 7) is 0. The highest BCUT2D eigenvalue weighted by Crippen LogP contribution is 2.30. The summed E-state index contributed by atoms with van der Waals surface area (Å²) in [5.41, 5.74) is 17.2. The first kappa shape index (κ1) is 15.8. The van der Waals surface area contributed by atoms with Crippen molar-refractivity contribution in [1.29, 1.82) is 0 Å².